The number of para-hydroxylation sites is 1. The van der Waals surface area contributed by atoms with Crippen LogP contribution in [0.15, 0.2) is 55.0 Å². The van der Waals surface area contributed by atoms with Crippen LogP contribution in [0.4, 0.5) is 19.1 Å². The highest BCUT2D eigenvalue weighted by Crippen LogP contribution is 2.27. The molecular formula is C16H14F3N5. The van der Waals surface area contributed by atoms with E-state index in [1.54, 1.807) is 10.9 Å². The number of nitrogens with one attached hydrogen (secondary N) is 1. The first kappa shape index (κ1) is 16.0. The molecular weight excluding hydrogens is 319 g/mol. The number of rotatable bonds is 5. The Morgan fingerprint density at radius 1 is 1.08 bits per heavy atom. The fourth-order valence-corrected chi connectivity index (χ4v) is 2.13. The molecule has 2 aromatic heterocycles. The van der Waals surface area contributed by atoms with Crippen LogP contribution < -0.4 is 5.32 Å². The number of anilines is 1. The number of benzene rings is 1. The van der Waals surface area contributed by atoms with E-state index in [4.69, 9.17) is 0 Å². The maximum Gasteiger partial charge on any atom is 0.433 e. The predicted octanol–water partition coefficient (Wildman–Crippen LogP) is 3.34. The minimum Gasteiger partial charge on any atom is -0.354 e. The topological polar surface area (TPSA) is 55.6 Å². The quantitative estimate of drug-likeness (QED) is 0.778. The summed E-state index contributed by atoms with van der Waals surface area (Å²) in [4.78, 5) is 7.25. The Kier molecular flexibility index (Phi) is 4.45. The van der Waals surface area contributed by atoms with Crippen molar-refractivity contribution in [3.63, 3.8) is 0 Å². The second-order valence-corrected chi connectivity index (χ2v) is 5.07. The molecule has 0 aliphatic rings. The lowest BCUT2D eigenvalue weighted by atomic mass is 10.2. The molecule has 8 heteroatoms. The van der Waals surface area contributed by atoms with Crippen LogP contribution in [-0.2, 0) is 12.6 Å². The summed E-state index contributed by atoms with van der Waals surface area (Å²) in [5, 5.41) is 7.06. The highest BCUT2D eigenvalue weighted by Gasteiger charge is 2.32. The van der Waals surface area contributed by atoms with E-state index in [0.29, 0.717) is 13.0 Å². The van der Waals surface area contributed by atoms with Crippen LogP contribution in [0.25, 0.3) is 5.69 Å². The molecule has 124 valence electrons. The molecule has 1 aromatic carbocycles. The van der Waals surface area contributed by atoms with Gasteiger partial charge in [-0.1, -0.05) is 18.2 Å². The van der Waals surface area contributed by atoms with Crippen molar-refractivity contribution in [1.82, 2.24) is 19.7 Å². The molecule has 24 heavy (non-hydrogen) atoms. The van der Waals surface area contributed by atoms with E-state index < -0.39 is 11.9 Å². The van der Waals surface area contributed by atoms with Gasteiger partial charge in [-0.25, -0.2) is 14.6 Å². The Hall–Kier alpha value is -2.90. The Morgan fingerprint density at radius 3 is 2.62 bits per heavy atom. The molecule has 0 aliphatic heterocycles. The summed E-state index contributed by atoms with van der Waals surface area (Å²) in [6.45, 7) is 0.405. The summed E-state index contributed by atoms with van der Waals surface area (Å²) < 4.78 is 39.5. The van der Waals surface area contributed by atoms with Crippen molar-refractivity contribution in [1.29, 1.82) is 0 Å². The van der Waals surface area contributed by atoms with Gasteiger partial charge in [0.25, 0.3) is 0 Å². The predicted molar refractivity (Wildman–Crippen MR) is 82.8 cm³/mol. The fourth-order valence-electron chi connectivity index (χ4n) is 2.13. The first-order chi connectivity index (χ1) is 11.5. The maximum absolute atomic E-state index is 12.6. The van der Waals surface area contributed by atoms with Crippen molar-refractivity contribution >= 4 is 5.95 Å². The molecule has 0 amide bonds. The normalized spacial score (nSPS) is 11.5. The highest BCUT2D eigenvalue weighted by molar-refractivity contribution is 5.31. The van der Waals surface area contributed by atoms with Gasteiger partial charge in [-0.3, -0.25) is 0 Å². The van der Waals surface area contributed by atoms with Crippen LogP contribution in [0.3, 0.4) is 0 Å². The number of aromatic nitrogens is 4. The van der Waals surface area contributed by atoms with E-state index in [1.165, 1.54) is 0 Å². The minimum absolute atomic E-state index is 0.0414. The summed E-state index contributed by atoms with van der Waals surface area (Å²) in [7, 11) is 0. The lowest BCUT2D eigenvalue weighted by Gasteiger charge is -2.08. The summed E-state index contributed by atoms with van der Waals surface area (Å²) in [6.07, 6.45) is 0.805. The first-order valence-corrected chi connectivity index (χ1v) is 7.25. The van der Waals surface area contributed by atoms with Crippen LogP contribution in [0.1, 0.15) is 11.3 Å². The summed E-state index contributed by atoms with van der Waals surface area (Å²) >= 11 is 0. The summed E-state index contributed by atoms with van der Waals surface area (Å²) in [6, 6.07) is 10.5. The third kappa shape index (κ3) is 3.89. The molecule has 0 spiro atoms. The van der Waals surface area contributed by atoms with E-state index >= 15 is 0 Å². The van der Waals surface area contributed by atoms with Crippen molar-refractivity contribution in [3.05, 3.63) is 66.2 Å². The van der Waals surface area contributed by atoms with Gasteiger partial charge in [-0.15, -0.1) is 0 Å². The lowest BCUT2D eigenvalue weighted by Crippen LogP contribution is -2.13. The second kappa shape index (κ2) is 6.69. The number of halogens is 3. The van der Waals surface area contributed by atoms with E-state index in [2.05, 4.69) is 20.4 Å². The second-order valence-electron chi connectivity index (χ2n) is 5.07. The average Bonchev–Trinajstić information content (AvgIpc) is 3.04. The molecule has 0 saturated heterocycles. The molecule has 1 N–H and O–H groups in total. The van der Waals surface area contributed by atoms with Crippen molar-refractivity contribution in [2.24, 2.45) is 0 Å². The summed E-state index contributed by atoms with van der Waals surface area (Å²) in [5.74, 6) is -0.0414. The van der Waals surface area contributed by atoms with Crippen molar-refractivity contribution in [3.8, 4) is 5.69 Å². The number of nitrogens with zero attached hydrogens (tertiary/aromatic N) is 4. The van der Waals surface area contributed by atoms with Gasteiger partial charge in [0.2, 0.25) is 5.95 Å². The van der Waals surface area contributed by atoms with E-state index in [-0.39, 0.29) is 5.95 Å². The number of hydrogen-bond donors (Lipinski definition) is 1. The van der Waals surface area contributed by atoms with Gasteiger partial charge >= 0.3 is 6.18 Å². The SMILES string of the molecule is FC(F)(F)c1ccnc(NCCc2cnn(-c3ccccc3)c2)n1. The van der Waals surface area contributed by atoms with Crippen LogP contribution in [0, 0.1) is 0 Å². The third-order valence-corrected chi connectivity index (χ3v) is 3.30. The standard InChI is InChI=1S/C16H14F3N5/c17-16(18,19)14-7-9-21-15(23-14)20-8-6-12-10-22-24(11-12)13-4-2-1-3-5-13/h1-5,7,9-11H,6,8H2,(H,20,21,23). The maximum atomic E-state index is 12.6. The first-order valence-electron chi connectivity index (χ1n) is 7.25. The molecule has 0 atom stereocenters. The van der Waals surface area contributed by atoms with Crippen molar-refractivity contribution < 1.29 is 13.2 Å². The Morgan fingerprint density at radius 2 is 1.88 bits per heavy atom. The molecule has 3 aromatic rings. The van der Waals surface area contributed by atoms with Gasteiger partial charge < -0.3 is 5.32 Å². The number of alkyl halides is 3. The zero-order valence-electron chi connectivity index (χ0n) is 12.5. The average molecular weight is 333 g/mol. The molecule has 2 heterocycles. The molecule has 0 radical (unpaired) electrons. The van der Waals surface area contributed by atoms with Crippen LogP contribution >= 0.6 is 0 Å². The van der Waals surface area contributed by atoms with Gasteiger partial charge in [-0.05, 0) is 30.2 Å². The highest BCUT2D eigenvalue weighted by atomic mass is 19.4. The van der Waals surface area contributed by atoms with Gasteiger partial charge in [-0.2, -0.15) is 18.3 Å². The van der Waals surface area contributed by atoms with E-state index in [9.17, 15) is 13.2 Å². The minimum atomic E-state index is -4.48. The van der Waals surface area contributed by atoms with Gasteiger partial charge in [0.15, 0.2) is 0 Å². The van der Waals surface area contributed by atoms with E-state index in [1.807, 2.05) is 36.5 Å². The molecule has 0 saturated carbocycles. The van der Waals surface area contributed by atoms with Gasteiger partial charge in [0, 0.05) is 18.9 Å². The van der Waals surface area contributed by atoms with Crippen LogP contribution in [0.2, 0.25) is 0 Å². The van der Waals surface area contributed by atoms with Gasteiger partial charge in [0.05, 0.1) is 11.9 Å². The molecule has 3 rings (SSSR count). The van der Waals surface area contributed by atoms with Crippen LogP contribution in [-0.4, -0.2) is 26.3 Å². The third-order valence-electron chi connectivity index (χ3n) is 3.30. The molecule has 0 unspecified atom stereocenters. The number of hydrogen-bond acceptors (Lipinski definition) is 4. The van der Waals surface area contributed by atoms with Crippen molar-refractivity contribution in [2.75, 3.05) is 11.9 Å². The van der Waals surface area contributed by atoms with E-state index in [0.717, 1.165) is 23.5 Å². The van der Waals surface area contributed by atoms with Gasteiger partial charge in [0.1, 0.15) is 5.69 Å². The summed E-state index contributed by atoms with van der Waals surface area (Å²) in [5.41, 5.74) is 0.938. The monoisotopic (exact) mass is 333 g/mol. The Balaban J connectivity index is 1.59. The van der Waals surface area contributed by atoms with Crippen LogP contribution in [0.5, 0.6) is 0 Å². The van der Waals surface area contributed by atoms with Crippen molar-refractivity contribution in [2.45, 2.75) is 12.6 Å². The zero-order valence-corrected chi connectivity index (χ0v) is 12.5. The molecule has 0 aliphatic carbocycles. The lowest BCUT2D eigenvalue weighted by molar-refractivity contribution is -0.141. The fraction of sp³-hybridized carbons (Fsp3) is 0.188. The Bertz CT molecular complexity index is 799. The largest absolute Gasteiger partial charge is 0.433 e. The zero-order chi connectivity index (χ0) is 17.0. The molecule has 5 nitrogen and oxygen atoms in total. The molecule has 0 fully saturated rings. The smallest absolute Gasteiger partial charge is 0.354 e. The Labute approximate surface area is 136 Å². The molecule has 0 bridgehead atoms.